The lowest BCUT2D eigenvalue weighted by Gasteiger charge is -2.23. The zero-order valence-corrected chi connectivity index (χ0v) is 12.7. The molecule has 0 aromatic heterocycles. The second-order valence-corrected chi connectivity index (χ2v) is 5.66. The molecule has 4 heteroatoms. The standard InChI is InChI=1S/C16H25N3O/c1-4-19-7-5-6-13(19)10-18-16(20)14-9-15(17)12(3)8-11(14)2/h8-9,13H,4-7,10,17H2,1-3H3,(H,18,20). The Labute approximate surface area is 121 Å². The molecular formula is C16H25N3O. The highest BCUT2D eigenvalue weighted by atomic mass is 16.1. The summed E-state index contributed by atoms with van der Waals surface area (Å²) in [4.78, 5) is 14.7. The van der Waals surface area contributed by atoms with Gasteiger partial charge < -0.3 is 11.1 Å². The summed E-state index contributed by atoms with van der Waals surface area (Å²) >= 11 is 0. The molecular weight excluding hydrogens is 250 g/mol. The van der Waals surface area contributed by atoms with E-state index in [0.717, 1.165) is 30.8 Å². The number of nitrogens with two attached hydrogens (primary N) is 1. The van der Waals surface area contributed by atoms with E-state index in [1.165, 1.54) is 12.8 Å². The minimum Gasteiger partial charge on any atom is -0.398 e. The SMILES string of the molecule is CCN1CCCC1CNC(=O)c1cc(N)c(C)cc1C. The van der Waals surface area contributed by atoms with Gasteiger partial charge in [0.25, 0.3) is 5.91 Å². The first-order chi connectivity index (χ1) is 9.52. The van der Waals surface area contributed by atoms with Crippen molar-refractivity contribution in [3.05, 3.63) is 28.8 Å². The normalized spacial score (nSPS) is 19.2. The van der Waals surface area contributed by atoms with E-state index in [4.69, 9.17) is 5.73 Å². The monoisotopic (exact) mass is 275 g/mol. The predicted molar refractivity (Wildman–Crippen MR) is 82.9 cm³/mol. The summed E-state index contributed by atoms with van der Waals surface area (Å²) in [6.45, 7) is 9.01. The van der Waals surface area contributed by atoms with Gasteiger partial charge >= 0.3 is 0 Å². The van der Waals surface area contributed by atoms with Crippen molar-refractivity contribution in [1.29, 1.82) is 0 Å². The zero-order chi connectivity index (χ0) is 14.7. The smallest absolute Gasteiger partial charge is 0.251 e. The molecule has 1 aromatic carbocycles. The average Bonchev–Trinajstić information content (AvgIpc) is 2.87. The van der Waals surface area contributed by atoms with Crippen LogP contribution in [0.1, 0.15) is 41.3 Å². The number of carbonyl (C=O) groups is 1. The van der Waals surface area contributed by atoms with E-state index in [0.29, 0.717) is 17.3 Å². The van der Waals surface area contributed by atoms with Crippen LogP contribution in [0.3, 0.4) is 0 Å². The molecule has 1 atom stereocenters. The van der Waals surface area contributed by atoms with E-state index in [9.17, 15) is 4.79 Å². The molecule has 1 amide bonds. The highest BCUT2D eigenvalue weighted by molar-refractivity contribution is 5.96. The molecule has 1 heterocycles. The third-order valence-corrected chi connectivity index (χ3v) is 4.26. The van der Waals surface area contributed by atoms with Crippen molar-refractivity contribution < 1.29 is 4.79 Å². The fraction of sp³-hybridized carbons (Fsp3) is 0.562. The van der Waals surface area contributed by atoms with Crippen molar-refractivity contribution in [3.8, 4) is 0 Å². The summed E-state index contributed by atoms with van der Waals surface area (Å²) in [6, 6.07) is 4.23. The summed E-state index contributed by atoms with van der Waals surface area (Å²) in [5.41, 5.74) is 9.27. The van der Waals surface area contributed by atoms with Crippen LogP contribution in [-0.4, -0.2) is 36.5 Å². The van der Waals surface area contributed by atoms with Gasteiger partial charge in [0.15, 0.2) is 0 Å². The fourth-order valence-electron chi connectivity index (χ4n) is 2.96. The number of hydrogen-bond acceptors (Lipinski definition) is 3. The van der Waals surface area contributed by atoms with Gasteiger partial charge in [0, 0.05) is 23.8 Å². The molecule has 0 radical (unpaired) electrons. The molecule has 1 aliphatic heterocycles. The van der Waals surface area contributed by atoms with Crippen LogP contribution in [-0.2, 0) is 0 Å². The van der Waals surface area contributed by atoms with E-state index >= 15 is 0 Å². The van der Waals surface area contributed by atoms with Gasteiger partial charge in [-0.05, 0) is 57.0 Å². The van der Waals surface area contributed by atoms with Gasteiger partial charge in [-0.1, -0.05) is 13.0 Å². The molecule has 0 bridgehead atoms. The lowest BCUT2D eigenvalue weighted by molar-refractivity contribution is 0.0941. The topological polar surface area (TPSA) is 58.4 Å². The van der Waals surface area contributed by atoms with E-state index in [-0.39, 0.29) is 5.91 Å². The largest absolute Gasteiger partial charge is 0.398 e. The highest BCUT2D eigenvalue weighted by Crippen LogP contribution is 2.19. The number of nitrogen functional groups attached to an aromatic ring is 1. The maximum absolute atomic E-state index is 12.3. The van der Waals surface area contributed by atoms with E-state index in [2.05, 4.69) is 17.1 Å². The Morgan fingerprint density at radius 2 is 2.15 bits per heavy atom. The Morgan fingerprint density at radius 3 is 2.85 bits per heavy atom. The van der Waals surface area contributed by atoms with Gasteiger partial charge in [-0.15, -0.1) is 0 Å². The summed E-state index contributed by atoms with van der Waals surface area (Å²) in [7, 11) is 0. The quantitative estimate of drug-likeness (QED) is 0.827. The van der Waals surface area contributed by atoms with Crippen LogP contribution in [0.15, 0.2) is 12.1 Å². The van der Waals surface area contributed by atoms with Crippen LogP contribution < -0.4 is 11.1 Å². The van der Waals surface area contributed by atoms with Gasteiger partial charge in [-0.2, -0.15) is 0 Å². The number of anilines is 1. The molecule has 1 unspecified atom stereocenters. The lowest BCUT2D eigenvalue weighted by atomic mass is 10.0. The second kappa shape index (κ2) is 6.27. The molecule has 20 heavy (non-hydrogen) atoms. The van der Waals surface area contributed by atoms with Gasteiger partial charge in [-0.3, -0.25) is 9.69 Å². The molecule has 0 spiro atoms. The minimum absolute atomic E-state index is 0.0165. The zero-order valence-electron chi connectivity index (χ0n) is 12.7. The second-order valence-electron chi connectivity index (χ2n) is 5.66. The summed E-state index contributed by atoms with van der Waals surface area (Å²) in [6.07, 6.45) is 2.40. The lowest BCUT2D eigenvalue weighted by Crippen LogP contribution is -2.40. The van der Waals surface area contributed by atoms with Crippen LogP contribution >= 0.6 is 0 Å². The highest BCUT2D eigenvalue weighted by Gasteiger charge is 2.23. The molecule has 2 rings (SSSR count). The molecule has 0 aliphatic carbocycles. The van der Waals surface area contributed by atoms with Gasteiger partial charge in [0.1, 0.15) is 0 Å². The molecule has 0 saturated carbocycles. The average molecular weight is 275 g/mol. The fourth-order valence-corrected chi connectivity index (χ4v) is 2.96. The molecule has 1 aromatic rings. The molecule has 1 aliphatic rings. The summed E-state index contributed by atoms with van der Waals surface area (Å²) in [5.74, 6) is -0.0165. The number of amides is 1. The van der Waals surface area contributed by atoms with Crippen molar-refractivity contribution in [3.63, 3.8) is 0 Å². The number of benzene rings is 1. The maximum atomic E-state index is 12.3. The van der Waals surface area contributed by atoms with Crippen LogP contribution in [0.4, 0.5) is 5.69 Å². The Kier molecular flexibility index (Phi) is 4.65. The maximum Gasteiger partial charge on any atom is 0.251 e. The van der Waals surface area contributed by atoms with Gasteiger partial charge in [0.05, 0.1) is 0 Å². The number of rotatable bonds is 4. The number of carbonyl (C=O) groups excluding carboxylic acids is 1. The Hall–Kier alpha value is -1.55. The van der Waals surface area contributed by atoms with Crippen LogP contribution in [0, 0.1) is 13.8 Å². The number of nitrogens with zero attached hydrogens (tertiary/aromatic N) is 1. The van der Waals surface area contributed by atoms with Crippen molar-refractivity contribution in [2.45, 2.75) is 39.7 Å². The molecule has 4 nitrogen and oxygen atoms in total. The number of hydrogen-bond donors (Lipinski definition) is 2. The van der Waals surface area contributed by atoms with Crippen LogP contribution in [0.5, 0.6) is 0 Å². The number of likely N-dealkylation sites (tertiary alicyclic amines) is 1. The van der Waals surface area contributed by atoms with Crippen molar-refractivity contribution in [2.75, 3.05) is 25.4 Å². The Morgan fingerprint density at radius 1 is 1.40 bits per heavy atom. The summed E-state index contributed by atoms with van der Waals surface area (Å²) in [5, 5.41) is 3.06. The van der Waals surface area contributed by atoms with Crippen LogP contribution in [0.2, 0.25) is 0 Å². The molecule has 1 saturated heterocycles. The van der Waals surface area contributed by atoms with Crippen molar-refractivity contribution in [2.24, 2.45) is 0 Å². The number of nitrogens with one attached hydrogen (secondary N) is 1. The van der Waals surface area contributed by atoms with Crippen molar-refractivity contribution in [1.82, 2.24) is 10.2 Å². The first-order valence-electron chi connectivity index (χ1n) is 7.42. The molecule has 110 valence electrons. The molecule has 1 fully saturated rings. The van der Waals surface area contributed by atoms with Crippen LogP contribution in [0.25, 0.3) is 0 Å². The first-order valence-corrected chi connectivity index (χ1v) is 7.42. The minimum atomic E-state index is -0.0165. The number of aryl methyl sites for hydroxylation is 2. The molecule has 3 N–H and O–H groups in total. The third-order valence-electron chi connectivity index (χ3n) is 4.26. The number of likely N-dealkylation sites (N-methyl/N-ethyl adjacent to an activating group) is 1. The predicted octanol–water partition coefficient (Wildman–Crippen LogP) is 2.10. The van der Waals surface area contributed by atoms with Crippen molar-refractivity contribution >= 4 is 11.6 Å². The summed E-state index contributed by atoms with van der Waals surface area (Å²) < 4.78 is 0. The van der Waals surface area contributed by atoms with Gasteiger partial charge in [0.2, 0.25) is 0 Å². The Balaban J connectivity index is 2.00. The van der Waals surface area contributed by atoms with Gasteiger partial charge in [-0.25, -0.2) is 0 Å². The first kappa shape index (κ1) is 14.9. The Bertz CT molecular complexity index is 499. The third kappa shape index (κ3) is 3.12. The van der Waals surface area contributed by atoms with E-state index in [1.54, 1.807) is 6.07 Å². The van der Waals surface area contributed by atoms with E-state index < -0.39 is 0 Å². The van der Waals surface area contributed by atoms with E-state index in [1.807, 2.05) is 19.9 Å².